The van der Waals surface area contributed by atoms with Crippen LogP contribution in [-0.2, 0) is 10.0 Å². The highest BCUT2D eigenvalue weighted by atomic mass is 79.9. The summed E-state index contributed by atoms with van der Waals surface area (Å²) >= 11 is 4.59. The van der Waals surface area contributed by atoms with Crippen molar-refractivity contribution in [1.29, 1.82) is 0 Å². The monoisotopic (exact) mass is 531 g/mol. The zero-order valence-electron chi connectivity index (χ0n) is 16.9. The standard InChI is InChI=1S/C23H18BrNO5S2/c1-13-6-8-14(9-7-13)32(29,30)25-21-18(31-11-10-24)12-17(26)19-20(21)23(28)16-5-3-2-4-15(16)22(19)27/h2-9,12,25-26H,10-11H2,1H3. The number of phenols is 1. The maximum absolute atomic E-state index is 13.4. The van der Waals surface area contributed by atoms with Gasteiger partial charge >= 0.3 is 0 Å². The predicted molar refractivity (Wildman–Crippen MR) is 128 cm³/mol. The second-order valence-corrected chi connectivity index (χ2v) is 10.8. The average Bonchev–Trinajstić information content (AvgIpc) is 2.77. The van der Waals surface area contributed by atoms with E-state index >= 15 is 0 Å². The summed E-state index contributed by atoms with van der Waals surface area (Å²) < 4.78 is 28.8. The molecule has 0 unspecified atom stereocenters. The average molecular weight is 532 g/mol. The molecule has 0 saturated heterocycles. The molecule has 0 spiro atoms. The minimum Gasteiger partial charge on any atom is -0.507 e. The number of aryl methyl sites for hydroxylation is 1. The maximum Gasteiger partial charge on any atom is 0.261 e. The fourth-order valence-electron chi connectivity index (χ4n) is 3.52. The molecule has 1 aliphatic carbocycles. The molecule has 0 saturated carbocycles. The van der Waals surface area contributed by atoms with Crippen molar-refractivity contribution in [1.82, 2.24) is 0 Å². The van der Waals surface area contributed by atoms with E-state index in [2.05, 4.69) is 20.7 Å². The molecule has 0 aliphatic heterocycles. The molecule has 0 heterocycles. The van der Waals surface area contributed by atoms with Crippen molar-refractivity contribution in [3.63, 3.8) is 0 Å². The molecular formula is C23H18BrNO5S2. The van der Waals surface area contributed by atoms with Crippen molar-refractivity contribution in [3.05, 3.63) is 82.4 Å². The lowest BCUT2D eigenvalue weighted by Crippen LogP contribution is -2.25. The second kappa shape index (κ2) is 8.73. The highest BCUT2D eigenvalue weighted by Crippen LogP contribution is 2.43. The van der Waals surface area contributed by atoms with Crippen LogP contribution in [0.5, 0.6) is 5.75 Å². The van der Waals surface area contributed by atoms with Crippen LogP contribution in [0.3, 0.4) is 0 Å². The van der Waals surface area contributed by atoms with Crippen LogP contribution >= 0.6 is 27.7 Å². The zero-order valence-corrected chi connectivity index (χ0v) is 20.1. The number of phenolic OH excluding ortho intramolecular Hbond substituents is 1. The minimum atomic E-state index is -4.06. The van der Waals surface area contributed by atoms with Crippen molar-refractivity contribution in [2.45, 2.75) is 16.7 Å². The van der Waals surface area contributed by atoms with Crippen LogP contribution in [0.4, 0.5) is 5.69 Å². The highest BCUT2D eigenvalue weighted by Gasteiger charge is 2.36. The molecule has 1 aliphatic rings. The van der Waals surface area contributed by atoms with Gasteiger partial charge in [0.25, 0.3) is 10.0 Å². The van der Waals surface area contributed by atoms with Gasteiger partial charge in [0.15, 0.2) is 11.6 Å². The van der Waals surface area contributed by atoms with E-state index in [9.17, 15) is 23.1 Å². The van der Waals surface area contributed by atoms with E-state index in [0.29, 0.717) is 16.0 Å². The Bertz CT molecular complexity index is 1350. The molecule has 3 aromatic rings. The number of hydrogen-bond acceptors (Lipinski definition) is 6. The van der Waals surface area contributed by atoms with Gasteiger partial charge in [-0.25, -0.2) is 8.42 Å². The quantitative estimate of drug-likeness (QED) is 0.211. The number of carbonyl (C=O) groups is 2. The van der Waals surface area contributed by atoms with E-state index in [0.717, 1.165) is 5.56 Å². The molecule has 164 valence electrons. The molecule has 0 bridgehead atoms. The number of benzene rings is 3. The van der Waals surface area contributed by atoms with Crippen LogP contribution < -0.4 is 4.72 Å². The van der Waals surface area contributed by atoms with Crippen LogP contribution in [0.25, 0.3) is 0 Å². The van der Waals surface area contributed by atoms with Gasteiger partial charge in [-0.1, -0.05) is 57.9 Å². The van der Waals surface area contributed by atoms with E-state index in [1.165, 1.54) is 42.1 Å². The fraction of sp³-hybridized carbons (Fsp3) is 0.130. The number of ketones is 2. The third-order valence-corrected chi connectivity index (χ3v) is 8.37. The van der Waals surface area contributed by atoms with Crippen LogP contribution in [-0.4, -0.2) is 36.2 Å². The van der Waals surface area contributed by atoms with Gasteiger partial charge in [-0.2, -0.15) is 0 Å². The predicted octanol–water partition coefficient (Wildman–Crippen LogP) is 4.76. The Labute approximate surface area is 198 Å². The molecule has 0 aromatic heterocycles. The number of fused-ring (bicyclic) bond motifs is 2. The van der Waals surface area contributed by atoms with Gasteiger partial charge < -0.3 is 5.11 Å². The molecule has 0 radical (unpaired) electrons. The summed E-state index contributed by atoms with van der Waals surface area (Å²) in [7, 11) is -4.06. The molecule has 0 fully saturated rings. The molecule has 6 nitrogen and oxygen atoms in total. The summed E-state index contributed by atoms with van der Waals surface area (Å²) in [6.45, 7) is 1.84. The van der Waals surface area contributed by atoms with Crippen molar-refractivity contribution in [3.8, 4) is 5.75 Å². The Morgan fingerprint density at radius 1 is 0.969 bits per heavy atom. The lowest BCUT2D eigenvalue weighted by molar-refractivity contribution is 0.0977. The SMILES string of the molecule is Cc1ccc(S(=O)(=O)Nc2c(SCCBr)cc(O)c3c2C(=O)c2ccccc2C3=O)cc1. The zero-order chi connectivity index (χ0) is 23.0. The number of anilines is 1. The third kappa shape index (κ3) is 3.96. The van der Waals surface area contributed by atoms with E-state index in [1.807, 2.05) is 6.92 Å². The van der Waals surface area contributed by atoms with E-state index in [1.54, 1.807) is 24.3 Å². The molecule has 9 heteroatoms. The summed E-state index contributed by atoms with van der Waals surface area (Å²) in [6, 6.07) is 13.9. The molecule has 4 rings (SSSR count). The normalized spacial score (nSPS) is 12.9. The summed E-state index contributed by atoms with van der Waals surface area (Å²) in [4.78, 5) is 26.9. The second-order valence-electron chi connectivity index (χ2n) is 7.18. The molecule has 2 N–H and O–H groups in total. The van der Waals surface area contributed by atoms with Crippen molar-refractivity contribution in [2.75, 3.05) is 15.8 Å². The van der Waals surface area contributed by atoms with Gasteiger partial charge in [0.05, 0.1) is 21.7 Å². The number of carbonyl (C=O) groups excluding carboxylic acids is 2. The number of rotatable bonds is 6. The van der Waals surface area contributed by atoms with Crippen molar-refractivity contribution < 1.29 is 23.1 Å². The largest absolute Gasteiger partial charge is 0.507 e. The number of alkyl halides is 1. The van der Waals surface area contributed by atoms with Gasteiger partial charge in [0.1, 0.15) is 5.75 Å². The number of aromatic hydroxyl groups is 1. The lowest BCUT2D eigenvalue weighted by atomic mass is 9.83. The van der Waals surface area contributed by atoms with E-state index < -0.39 is 21.6 Å². The van der Waals surface area contributed by atoms with E-state index in [4.69, 9.17) is 0 Å². The maximum atomic E-state index is 13.4. The number of hydrogen-bond donors (Lipinski definition) is 2. The van der Waals surface area contributed by atoms with Crippen LogP contribution in [0, 0.1) is 6.92 Å². The molecule has 32 heavy (non-hydrogen) atoms. The van der Waals surface area contributed by atoms with Crippen LogP contribution in [0.15, 0.2) is 64.4 Å². The van der Waals surface area contributed by atoms with Gasteiger partial charge in [-0.05, 0) is 25.1 Å². The number of nitrogens with one attached hydrogen (secondary N) is 1. The Hall–Kier alpha value is -2.62. The fourth-order valence-corrected chi connectivity index (χ4v) is 5.96. The highest BCUT2D eigenvalue weighted by molar-refractivity contribution is 9.09. The van der Waals surface area contributed by atoms with Gasteiger partial charge in [0.2, 0.25) is 0 Å². The lowest BCUT2D eigenvalue weighted by Gasteiger charge is -2.24. The number of halogens is 1. The first kappa shape index (κ1) is 22.6. The molecule has 0 atom stereocenters. The first-order valence-corrected chi connectivity index (χ1v) is 13.2. The summed E-state index contributed by atoms with van der Waals surface area (Å²) in [5.74, 6) is -0.854. The third-order valence-electron chi connectivity index (χ3n) is 5.04. The molecular weight excluding hydrogens is 514 g/mol. The first-order valence-electron chi connectivity index (χ1n) is 9.61. The van der Waals surface area contributed by atoms with Crippen LogP contribution in [0.1, 0.15) is 37.4 Å². The Morgan fingerprint density at radius 3 is 2.16 bits per heavy atom. The smallest absolute Gasteiger partial charge is 0.261 e. The minimum absolute atomic E-state index is 0.00261. The Morgan fingerprint density at radius 2 is 1.56 bits per heavy atom. The van der Waals surface area contributed by atoms with Crippen LogP contribution in [0.2, 0.25) is 0 Å². The van der Waals surface area contributed by atoms with Gasteiger partial charge in [-0.3, -0.25) is 14.3 Å². The summed E-state index contributed by atoms with van der Waals surface area (Å²) in [6.07, 6.45) is 0. The molecule has 0 amide bonds. The first-order chi connectivity index (χ1) is 15.2. The number of thioether (sulfide) groups is 1. The Kier molecular flexibility index (Phi) is 6.15. The van der Waals surface area contributed by atoms with Crippen molar-refractivity contribution >= 4 is 55.0 Å². The molecule has 3 aromatic carbocycles. The van der Waals surface area contributed by atoms with E-state index in [-0.39, 0.29) is 38.6 Å². The number of sulfonamides is 1. The topological polar surface area (TPSA) is 101 Å². The summed E-state index contributed by atoms with van der Waals surface area (Å²) in [5.41, 5.74) is 0.908. The van der Waals surface area contributed by atoms with Crippen molar-refractivity contribution in [2.24, 2.45) is 0 Å². The van der Waals surface area contributed by atoms with Gasteiger partial charge in [0, 0.05) is 27.1 Å². The van der Waals surface area contributed by atoms with Gasteiger partial charge in [-0.15, -0.1) is 11.8 Å². The Balaban J connectivity index is 1.94. The summed E-state index contributed by atoms with van der Waals surface area (Å²) in [5, 5.41) is 11.3.